The van der Waals surface area contributed by atoms with Crippen LogP contribution in [0.4, 0.5) is 0 Å². The predicted molar refractivity (Wildman–Crippen MR) is 166 cm³/mol. The molecule has 0 amide bonds. The Morgan fingerprint density at radius 1 is 0.545 bits per heavy atom. The van der Waals surface area contributed by atoms with Gasteiger partial charge in [-0.05, 0) is 73.2 Å². The molecule has 230 valence electrons. The number of hydrogen-bond acceptors (Lipinski definition) is 8. The van der Waals surface area contributed by atoms with E-state index < -0.39 is 23.9 Å². The molecule has 3 rings (SSSR count). The summed E-state index contributed by atoms with van der Waals surface area (Å²) in [5.74, 6) is -0.876. The Kier molecular flexibility index (Phi) is 12.2. The zero-order valence-electron chi connectivity index (χ0n) is 25.7. The van der Waals surface area contributed by atoms with Gasteiger partial charge in [-0.1, -0.05) is 61.7 Å². The summed E-state index contributed by atoms with van der Waals surface area (Å²) in [6.45, 7) is 14.4. The van der Waals surface area contributed by atoms with Gasteiger partial charge in [-0.15, -0.1) is 0 Å². The fourth-order valence-electron chi connectivity index (χ4n) is 4.06. The van der Waals surface area contributed by atoms with E-state index in [2.05, 4.69) is 13.2 Å². The quantitative estimate of drug-likeness (QED) is 0.128. The first kappa shape index (κ1) is 33.5. The molecule has 0 atom stereocenters. The highest BCUT2D eigenvalue weighted by molar-refractivity contribution is 5.87. The summed E-state index contributed by atoms with van der Waals surface area (Å²) in [4.78, 5) is 48.3. The van der Waals surface area contributed by atoms with E-state index in [1.165, 1.54) is 0 Å². The molecule has 8 heteroatoms. The lowest BCUT2D eigenvalue weighted by atomic mass is 10.1. The first-order chi connectivity index (χ1) is 20.9. The Labute approximate surface area is 258 Å². The first-order valence-corrected chi connectivity index (χ1v) is 14.3. The number of ether oxygens (including phenoxy) is 4. The third kappa shape index (κ3) is 10.4. The van der Waals surface area contributed by atoms with Crippen molar-refractivity contribution in [1.82, 2.24) is 0 Å². The minimum Gasteiger partial charge on any atom is -0.462 e. The van der Waals surface area contributed by atoms with Gasteiger partial charge in [0.2, 0.25) is 0 Å². The molecule has 0 N–H and O–H groups in total. The minimum atomic E-state index is -0.419. The molecule has 3 aromatic carbocycles. The van der Waals surface area contributed by atoms with Crippen LogP contribution in [-0.2, 0) is 54.3 Å². The monoisotopic (exact) mass is 598 g/mol. The van der Waals surface area contributed by atoms with E-state index in [1.54, 1.807) is 39.8 Å². The van der Waals surface area contributed by atoms with E-state index in [0.29, 0.717) is 46.6 Å². The van der Waals surface area contributed by atoms with Crippen molar-refractivity contribution < 1.29 is 38.1 Å². The summed E-state index contributed by atoms with van der Waals surface area (Å²) in [6.07, 6.45) is 1.28. The molecule has 0 aliphatic heterocycles. The maximum atomic E-state index is 12.6. The number of esters is 4. The molecule has 0 radical (unpaired) electrons. The third-order valence-corrected chi connectivity index (χ3v) is 6.82. The molecule has 8 nitrogen and oxygen atoms in total. The highest BCUT2D eigenvalue weighted by Crippen LogP contribution is 2.30. The maximum absolute atomic E-state index is 12.6. The normalized spacial score (nSPS) is 10.5. The average molecular weight is 599 g/mol. The topological polar surface area (TPSA) is 105 Å². The molecule has 0 saturated heterocycles. The Morgan fingerprint density at radius 2 is 0.864 bits per heavy atom. The molecule has 0 aliphatic carbocycles. The highest BCUT2D eigenvalue weighted by Gasteiger charge is 2.15. The standard InChI is InChI=1S/C36H38O8/c1-23(2)35(39)41-19-17-27-7-11-29(12-8-27)21-33(37)43-31-15-16-32(26(6)25(31)5)44-34(38)22-30-13-9-28(10-14-30)18-20-42-36(40)24(3)4/h7-16H,1,3,17-22H2,2,4-6H3. The van der Waals surface area contributed by atoms with Crippen LogP contribution < -0.4 is 9.47 Å². The van der Waals surface area contributed by atoms with Crippen LogP contribution in [0.25, 0.3) is 0 Å². The second kappa shape index (κ2) is 16.0. The van der Waals surface area contributed by atoms with Crippen LogP contribution in [0.5, 0.6) is 11.5 Å². The zero-order valence-corrected chi connectivity index (χ0v) is 25.7. The molecule has 0 saturated carbocycles. The number of carbonyl (C=O) groups is 4. The lowest BCUT2D eigenvalue weighted by Gasteiger charge is -2.14. The van der Waals surface area contributed by atoms with E-state index >= 15 is 0 Å². The zero-order chi connectivity index (χ0) is 32.2. The Balaban J connectivity index is 1.48. The van der Waals surface area contributed by atoms with Crippen LogP contribution in [0.1, 0.15) is 47.2 Å². The van der Waals surface area contributed by atoms with Crippen LogP contribution in [0.3, 0.4) is 0 Å². The van der Waals surface area contributed by atoms with Crippen LogP contribution in [0, 0.1) is 13.8 Å². The Morgan fingerprint density at radius 3 is 1.18 bits per heavy atom. The number of carbonyl (C=O) groups excluding carboxylic acids is 4. The van der Waals surface area contributed by atoms with Crippen molar-refractivity contribution in [2.45, 2.75) is 53.4 Å². The SMILES string of the molecule is C=C(C)C(=O)OCCc1ccc(CC(=O)Oc2ccc(OC(=O)Cc3ccc(CCOC(=O)C(=C)C)cc3)c(C)c2C)cc1. The molecule has 0 unspecified atom stereocenters. The van der Waals surface area contributed by atoms with E-state index in [1.807, 2.05) is 48.5 Å². The van der Waals surface area contributed by atoms with Crippen LogP contribution in [0.2, 0.25) is 0 Å². The molecular weight excluding hydrogens is 560 g/mol. The van der Waals surface area contributed by atoms with E-state index in [0.717, 1.165) is 22.3 Å². The van der Waals surface area contributed by atoms with Crippen molar-refractivity contribution in [3.05, 3.63) is 118 Å². The fourth-order valence-corrected chi connectivity index (χ4v) is 4.06. The summed E-state index contributed by atoms with van der Waals surface area (Å²) in [7, 11) is 0. The molecule has 0 fully saturated rings. The highest BCUT2D eigenvalue weighted by atomic mass is 16.5. The van der Waals surface area contributed by atoms with Crippen molar-refractivity contribution in [2.24, 2.45) is 0 Å². The number of benzene rings is 3. The molecule has 0 aromatic heterocycles. The molecule has 3 aromatic rings. The predicted octanol–water partition coefficient (Wildman–Crippen LogP) is 5.92. The van der Waals surface area contributed by atoms with Gasteiger partial charge < -0.3 is 18.9 Å². The van der Waals surface area contributed by atoms with Gasteiger partial charge >= 0.3 is 23.9 Å². The van der Waals surface area contributed by atoms with E-state index in [4.69, 9.17) is 18.9 Å². The smallest absolute Gasteiger partial charge is 0.333 e. The Hall–Kier alpha value is -4.98. The summed E-state index contributed by atoms with van der Waals surface area (Å²) >= 11 is 0. The third-order valence-electron chi connectivity index (χ3n) is 6.82. The van der Waals surface area contributed by atoms with Crippen molar-refractivity contribution in [1.29, 1.82) is 0 Å². The fraction of sp³-hybridized carbons (Fsp3) is 0.278. The molecule has 0 spiro atoms. The maximum Gasteiger partial charge on any atom is 0.333 e. The van der Waals surface area contributed by atoms with Gasteiger partial charge in [-0.2, -0.15) is 0 Å². The molecular formula is C36H38O8. The second-order valence-corrected chi connectivity index (χ2v) is 10.6. The first-order valence-electron chi connectivity index (χ1n) is 14.3. The van der Waals surface area contributed by atoms with Crippen molar-refractivity contribution in [2.75, 3.05) is 13.2 Å². The van der Waals surface area contributed by atoms with Crippen molar-refractivity contribution in [3.8, 4) is 11.5 Å². The second-order valence-electron chi connectivity index (χ2n) is 10.6. The minimum absolute atomic E-state index is 0.0819. The van der Waals surface area contributed by atoms with Crippen LogP contribution in [-0.4, -0.2) is 37.1 Å². The largest absolute Gasteiger partial charge is 0.462 e. The van der Waals surface area contributed by atoms with Gasteiger partial charge in [0.1, 0.15) is 11.5 Å². The van der Waals surface area contributed by atoms with Gasteiger partial charge in [0.25, 0.3) is 0 Å². The summed E-state index contributed by atoms with van der Waals surface area (Å²) in [5, 5.41) is 0. The van der Waals surface area contributed by atoms with Crippen molar-refractivity contribution in [3.63, 3.8) is 0 Å². The summed E-state index contributed by atoms with van der Waals surface area (Å²) in [5.41, 5.74) is 5.63. The Bertz CT molecular complexity index is 1420. The molecule has 0 bridgehead atoms. The number of hydrogen-bond donors (Lipinski definition) is 0. The van der Waals surface area contributed by atoms with E-state index in [9.17, 15) is 19.2 Å². The molecule has 0 aliphatic rings. The lowest BCUT2D eigenvalue weighted by Crippen LogP contribution is -2.14. The summed E-state index contributed by atoms with van der Waals surface area (Å²) < 4.78 is 21.5. The van der Waals surface area contributed by atoms with Crippen LogP contribution in [0.15, 0.2) is 85.0 Å². The van der Waals surface area contributed by atoms with Gasteiger partial charge in [0, 0.05) is 24.0 Å². The van der Waals surface area contributed by atoms with Gasteiger partial charge in [0.15, 0.2) is 0 Å². The van der Waals surface area contributed by atoms with E-state index in [-0.39, 0.29) is 26.1 Å². The summed E-state index contributed by atoms with van der Waals surface area (Å²) in [6, 6.07) is 18.1. The van der Waals surface area contributed by atoms with Gasteiger partial charge in [0.05, 0.1) is 26.1 Å². The van der Waals surface area contributed by atoms with Gasteiger partial charge in [-0.25, -0.2) is 9.59 Å². The number of rotatable bonds is 14. The average Bonchev–Trinajstić information content (AvgIpc) is 2.98. The van der Waals surface area contributed by atoms with Crippen LogP contribution >= 0.6 is 0 Å². The van der Waals surface area contributed by atoms with Gasteiger partial charge in [-0.3, -0.25) is 9.59 Å². The molecule has 0 heterocycles. The lowest BCUT2D eigenvalue weighted by molar-refractivity contribution is -0.139. The molecule has 44 heavy (non-hydrogen) atoms. The van der Waals surface area contributed by atoms with Crippen molar-refractivity contribution >= 4 is 23.9 Å².